The highest BCUT2D eigenvalue weighted by molar-refractivity contribution is 6.11. The molecule has 0 aliphatic carbocycles. The topological polar surface area (TPSA) is 69.5 Å². The van der Waals surface area contributed by atoms with Crippen LogP contribution in [0.15, 0.2) is 52.8 Å². The number of oxime groups is 2. The number of ketones is 1. The number of ether oxygens (including phenoxy) is 1. The third-order valence-electron chi connectivity index (χ3n) is 4.23. The number of carbonyl (C=O) groups excluding carboxylic acids is 1. The number of alkyl halides is 3. The van der Waals surface area contributed by atoms with Crippen molar-refractivity contribution in [1.29, 1.82) is 0 Å². The molecule has 9 heteroatoms. The Bertz CT molecular complexity index is 1100. The average Bonchev–Trinajstić information content (AvgIpc) is 2.72. The van der Waals surface area contributed by atoms with Gasteiger partial charge in [-0.05, 0) is 56.5 Å². The summed E-state index contributed by atoms with van der Waals surface area (Å²) in [7, 11) is 1.41. The smallest absolute Gasteiger partial charge is 0.406 e. The summed E-state index contributed by atoms with van der Waals surface area (Å²) in [6, 6.07) is 10.8. The molecule has 0 saturated carbocycles. The van der Waals surface area contributed by atoms with Crippen LogP contribution in [-0.4, -0.2) is 30.7 Å². The van der Waals surface area contributed by atoms with E-state index in [4.69, 9.17) is 9.68 Å². The van der Waals surface area contributed by atoms with Crippen molar-refractivity contribution in [3.05, 3.63) is 64.7 Å². The van der Waals surface area contributed by atoms with E-state index in [-0.39, 0.29) is 24.6 Å². The van der Waals surface area contributed by atoms with E-state index in [1.54, 1.807) is 6.92 Å². The third-order valence-corrected chi connectivity index (χ3v) is 4.23. The van der Waals surface area contributed by atoms with Crippen LogP contribution in [0, 0.1) is 18.8 Å². The van der Waals surface area contributed by atoms with Crippen molar-refractivity contribution in [3.63, 3.8) is 0 Å². The Labute approximate surface area is 190 Å². The van der Waals surface area contributed by atoms with Gasteiger partial charge in [-0.1, -0.05) is 34.4 Å². The van der Waals surface area contributed by atoms with Crippen molar-refractivity contribution < 1.29 is 32.4 Å². The monoisotopic (exact) mass is 460 g/mol. The average molecular weight is 460 g/mol. The fraction of sp³-hybridized carbons (Fsp3) is 0.292. The molecule has 2 rings (SSSR count). The Hall–Kier alpha value is -3.80. The molecule has 2 aromatic carbocycles. The molecule has 2 aromatic rings. The van der Waals surface area contributed by atoms with Crippen molar-refractivity contribution in [2.75, 3.05) is 7.11 Å². The molecule has 33 heavy (non-hydrogen) atoms. The Morgan fingerprint density at radius 2 is 1.76 bits per heavy atom. The standard InChI is InChI=1S/C24H23F3N2O4/c1-16-6-5-7-21(23(29-31-4)14-18(3)30)22(16)15-32-28-17(2)8-9-19-10-12-20(13-11-19)33-24(25,26)27/h5-7,10-13H,14-15H2,1-4H3/b28-17+,29-23-. The number of benzene rings is 2. The minimum atomic E-state index is -4.74. The summed E-state index contributed by atoms with van der Waals surface area (Å²) < 4.78 is 40.5. The fourth-order valence-electron chi connectivity index (χ4n) is 2.81. The van der Waals surface area contributed by atoms with Gasteiger partial charge in [-0.3, -0.25) is 4.79 Å². The highest BCUT2D eigenvalue weighted by atomic mass is 19.4. The van der Waals surface area contributed by atoms with Crippen LogP contribution in [0.5, 0.6) is 5.75 Å². The minimum absolute atomic E-state index is 0.0543. The maximum Gasteiger partial charge on any atom is 0.573 e. The molecule has 0 aromatic heterocycles. The lowest BCUT2D eigenvalue weighted by atomic mass is 9.96. The summed E-state index contributed by atoms with van der Waals surface area (Å²) in [5.41, 5.74) is 3.82. The van der Waals surface area contributed by atoms with E-state index in [0.29, 0.717) is 17.0 Å². The third kappa shape index (κ3) is 8.69. The second-order valence-electron chi connectivity index (χ2n) is 6.97. The molecule has 0 unspecified atom stereocenters. The summed E-state index contributed by atoms with van der Waals surface area (Å²) in [4.78, 5) is 22.0. The van der Waals surface area contributed by atoms with Crippen LogP contribution in [0.4, 0.5) is 13.2 Å². The Morgan fingerprint density at radius 1 is 1.06 bits per heavy atom. The molecule has 0 aliphatic rings. The SMILES string of the molecule is CO/N=C(/CC(C)=O)c1cccc(C)c1CO/N=C(\C)C#Cc1ccc(OC(F)(F)F)cc1. The number of halogens is 3. The lowest BCUT2D eigenvalue weighted by Crippen LogP contribution is -2.16. The highest BCUT2D eigenvalue weighted by Gasteiger charge is 2.30. The summed E-state index contributed by atoms with van der Waals surface area (Å²) >= 11 is 0. The van der Waals surface area contributed by atoms with E-state index in [1.807, 2.05) is 25.1 Å². The maximum atomic E-state index is 12.2. The van der Waals surface area contributed by atoms with Crippen molar-refractivity contribution in [2.45, 2.75) is 40.2 Å². The summed E-state index contributed by atoms with van der Waals surface area (Å²) in [6.07, 6.45) is -4.63. The van der Waals surface area contributed by atoms with E-state index in [2.05, 4.69) is 26.9 Å². The molecule has 6 nitrogen and oxygen atoms in total. The summed E-state index contributed by atoms with van der Waals surface area (Å²) in [5.74, 6) is 5.19. The lowest BCUT2D eigenvalue weighted by Gasteiger charge is -2.13. The molecular formula is C24H23F3N2O4. The van der Waals surface area contributed by atoms with Crippen LogP contribution in [0.25, 0.3) is 0 Å². The highest BCUT2D eigenvalue weighted by Crippen LogP contribution is 2.22. The molecule has 0 radical (unpaired) electrons. The van der Waals surface area contributed by atoms with E-state index in [0.717, 1.165) is 16.7 Å². The van der Waals surface area contributed by atoms with Crippen molar-refractivity contribution in [3.8, 4) is 17.6 Å². The first-order valence-electron chi connectivity index (χ1n) is 9.81. The van der Waals surface area contributed by atoms with Gasteiger partial charge in [0.05, 0.1) is 12.1 Å². The lowest BCUT2D eigenvalue weighted by molar-refractivity contribution is -0.274. The quantitative estimate of drug-likeness (QED) is 0.310. The Kier molecular flexibility index (Phi) is 9.04. The first kappa shape index (κ1) is 25.5. The molecule has 0 saturated heterocycles. The van der Waals surface area contributed by atoms with Crippen molar-refractivity contribution in [2.24, 2.45) is 10.3 Å². The maximum absolute atomic E-state index is 12.2. The molecule has 0 N–H and O–H groups in total. The fourth-order valence-corrected chi connectivity index (χ4v) is 2.81. The van der Waals surface area contributed by atoms with Gasteiger partial charge in [-0.25, -0.2) is 0 Å². The van der Waals surface area contributed by atoms with E-state index >= 15 is 0 Å². The number of hydrogen-bond donors (Lipinski definition) is 0. The molecule has 174 valence electrons. The normalized spacial score (nSPS) is 12.0. The van der Waals surface area contributed by atoms with Crippen LogP contribution >= 0.6 is 0 Å². The number of hydrogen-bond acceptors (Lipinski definition) is 6. The number of rotatable bonds is 8. The van der Waals surface area contributed by atoms with Gasteiger partial charge in [0.1, 0.15) is 31.0 Å². The molecule has 0 atom stereocenters. The zero-order valence-electron chi connectivity index (χ0n) is 18.6. The zero-order valence-corrected chi connectivity index (χ0v) is 18.6. The molecule has 0 aliphatic heterocycles. The van der Waals surface area contributed by atoms with Crippen LogP contribution in [0.3, 0.4) is 0 Å². The first-order chi connectivity index (χ1) is 15.6. The summed E-state index contributed by atoms with van der Waals surface area (Å²) in [5, 5.41) is 7.96. The second-order valence-corrected chi connectivity index (χ2v) is 6.97. The van der Waals surface area contributed by atoms with Gasteiger partial charge in [0.15, 0.2) is 0 Å². The van der Waals surface area contributed by atoms with Crippen LogP contribution in [0.2, 0.25) is 0 Å². The molecule has 0 fully saturated rings. The van der Waals surface area contributed by atoms with Crippen LogP contribution in [-0.2, 0) is 21.1 Å². The van der Waals surface area contributed by atoms with Crippen LogP contribution in [0.1, 0.15) is 42.5 Å². The second kappa shape index (κ2) is 11.7. The predicted octanol–water partition coefficient (Wildman–Crippen LogP) is 5.17. The van der Waals surface area contributed by atoms with Gasteiger partial charge in [-0.2, -0.15) is 0 Å². The van der Waals surface area contributed by atoms with Gasteiger partial charge in [0.2, 0.25) is 0 Å². The number of nitrogens with zero attached hydrogens (tertiary/aromatic N) is 2. The van der Waals surface area contributed by atoms with E-state index < -0.39 is 6.36 Å². The van der Waals surface area contributed by atoms with E-state index in [1.165, 1.54) is 38.3 Å². The molecule has 0 bridgehead atoms. The van der Waals surface area contributed by atoms with Gasteiger partial charge >= 0.3 is 6.36 Å². The minimum Gasteiger partial charge on any atom is -0.406 e. The Balaban J connectivity index is 2.10. The van der Waals surface area contributed by atoms with Gasteiger partial charge < -0.3 is 14.4 Å². The Morgan fingerprint density at radius 3 is 2.36 bits per heavy atom. The predicted molar refractivity (Wildman–Crippen MR) is 118 cm³/mol. The summed E-state index contributed by atoms with van der Waals surface area (Å²) in [6.45, 7) is 5.13. The number of aryl methyl sites for hydroxylation is 1. The number of carbonyl (C=O) groups is 1. The van der Waals surface area contributed by atoms with Crippen LogP contribution < -0.4 is 4.74 Å². The number of Topliss-reactive ketones (excluding diaryl/α,β-unsaturated/α-hetero) is 1. The zero-order chi connectivity index (χ0) is 24.4. The molecule has 0 spiro atoms. The molecular weight excluding hydrogens is 437 g/mol. The van der Waals surface area contributed by atoms with E-state index in [9.17, 15) is 18.0 Å². The van der Waals surface area contributed by atoms with Crippen molar-refractivity contribution >= 4 is 17.2 Å². The first-order valence-corrected chi connectivity index (χ1v) is 9.81. The van der Waals surface area contributed by atoms with Gasteiger partial charge in [-0.15, -0.1) is 13.2 Å². The van der Waals surface area contributed by atoms with Gasteiger partial charge in [0.25, 0.3) is 0 Å². The van der Waals surface area contributed by atoms with Gasteiger partial charge in [0, 0.05) is 16.7 Å². The largest absolute Gasteiger partial charge is 0.573 e. The molecule has 0 amide bonds. The molecule has 0 heterocycles. The van der Waals surface area contributed by atoms with Crippen molar-refractivity contribution in [1.82, 2.24) is 0 Å².